The predicted octanol–water partition coefficient (Wildman–Crippen LogP) is 2.83. The third-order valence-electron chi connectivity index (χ3n) is 3.05. The molecule has 21 heavy (non-hydrogen) atoms. The topological polar surface area (TPSA) is 55.1 Å². The standard InChI is InChI=1S/C14H18F4N2O/c1-13(2,3)11(19)12(21)20-7-8-4-5-9(15)6-10(8)14(16,17)18/h4-6,11H,7,19H2,1-3H3,(H,20,21)/t11-/m1/s1. The van der Waals surface area contributed by atoms with Crippen molar-refractivity contribution >= 4 is 5.91 Å². The Labute approximate surface area is 120 Å². The molecule has 0 heterocycles. The molecule has 3 nitrogen and oxygen atoms in total. The lowest BCUT2D eigenvalue weighted by Crippen LogP contribution is -2.48. The van der Waals surface area contributed by atoms with Crippen LogP contribution in [-0.4, -0.2) is 11.9 Å². The van der Waals surface area contributed by atoms with Crippen LogP contribution in [0.5, 0.6) is 0 Å². The minimum Gasteiger partial charge on any atom is -0.351 e. The lowest BCUT2D eigenvalue weighted by molar-refractivity contribution is -0.138. The van der Waals surface area contributed by atoms with Crippen LogP contribution in [0.25, 0.3) is 0 Å². The SMILES string of the molecule is CC(C)(C)[C@H](N)C(=O)NCc1ccc(F)cc1C(F)(F)F. The van der Waals surface area contributed by atoms with Crippen LogP contribution < -0.4 is 11.1 Å². The van der Waals surface area contributed by atoms with Crippen molar-refractivity contribution in [2.45, 2.75) is 39.5 Å². The minimum atomic E-state index is -4.69. The number of nitrogens with one attached hydrogen (secondary N) is 1. The van der Waals surface area contributed by atoms with E-state index in [0.717, 1.165) is 12.1 Å². The summed E-state index contributed by atoms with van der Waals surface area (Å²) in [4.78, 5) is 11.8. The number of nitrogens with two attached hydrogens (primary N) is 1. The summed E-state index contributed by atoms with van der Waals surface area (Å²) in [5.74, 6) is -1.54. The van der Waals surface area contributed by atoms with Crippen LogP contribution in [0.2, 0.25) is 0 Å². The van der Waals surface area contributed by atoms with Gasteiger partial charge >= 0.3 is 6.18 Å². The van der Waals surface area contributed by atoms with Gasteiger partial charge in [-0.25, -0.2) is 4.39 Å². The molecule has 0 aliphatic heterocycles. The van der Waals surface area contributed by atoms with E-state index in [4.69, 9.17) is 5.73 Å². The van der Waals surface area contributed by atoms with Crippen LogP contribution in [0.1, 0.15) is 31.9 Å². The van der Waals surface area contributed by atoms with Gasteiger partial charge in [-0.15, -0.1) is 0 Å². The van der Waals surface area contributed by atoms with Gasteiger partial charge in [0.1, 0.15) is 5.82 Å². The molecule has 7 heteroatoms. The molecule has 0 unspecified atom stereocenters. The fourth-order valence-electron chi connectivity index (χ4n) is 1.65. The first-order valence-electron chi connectivity index (χ1n) is 6.32. The predicted molar refractivity (Wildman–Crippen MR) is 70.7 cm³/mol. The molecule has 1 atom stereocenters. The second-order valence-electron chi connectivity index (χ2n) is 5.86. The molecule has 0 radical (unpaired) electrons. The monoisotopic (exact) mass is 306 g/mol. The molecular weight excluding hydrogens is 288 g/mol. The third-order valence-corrected chi connectivity index (χ3v) is 3.05. The van der Waals surface area contributed by atoms with E-state index in [1.807, 2.05) is 0 Å². The number of rotatable bonds is 3. The summed E-state index contributed by atoms with van der Waals surface area (Å²) in [7, 11) is 0. The Morgan fingerprint density at radius 2 is 1.86 bits per heavy atom. The van der Waals surface area contributed by atoms with Crippen molar-refractivity contribution in [3.63, 3.8) is 0 Å². The summed E-state index contributed by atoms with van der Waals surface area (Å²) in [5, 5.41) is 2.35. The highest BCUT2D eigenvalue weighted by molar-refractivity contribution is 5.82. The van der Waals surface area contributed by atoms with E-state index in [0.29, 0.717) is 6.07 Å². The number of halogens is 4. The number of hydrogen-bond acceptors (Lipinski definition) is 2. The molecule has 0 saturated heterocycles. The van der Waals surface area contributed by atoms with Gasteiger partial charge < -0.3 is 11.1 Å². The van der Waals surface area contributed by atoms with Crippen molar-refractivity contribution < 1.29 is 22.4 Å². The molecule has 0 aromatic heterocycles. The Kier molecular flexibility index (Phi) is 4.99. The summed E-state index contributed by atoms with van der Waals surface area (Å²) < 4.78 is 51.3. The number of benzene rings is 1. The van der Waals surface area contributed by atoms with Crippen LogP contribution in [-0.2, 0) is 17.5 Å². The van der Waals surface area contributed by atoms with E-state index >= 15 is 0 Å². The zero-order valence-corrected chi connectivity index (χ0v) is 12.0. The fraction of sp³-hybridized carbons (Fsp3) is 0.500. The molecule has 0 saturated carbocycles. The van der Waals surface area contributed by atoms with Gasteiger partial charge in [0.05, 0.1) is 11.6 Å². The third kappa shape index (κ3) is 4.70. The largest absolute Gasteiger partial charge is 0.416 e. The summed E-state index contributed by atoms with van der Waals surface area (Å²) in [6.07, 6.45) is -4.69. The van der Waals surface area contributed by atoms with Gasteiger partial charge in [-0.05, 0) is 23.1 Å². The van der Waals surface area contributed by atoms with Gasteiger partial charge in [-0.3, -0.25) is 4.79 Å². The summed E-state index contributed by atoms with van der Waals surface area (Å²) in [5.41, 5.74) is 3.88. The van der Waals surface area contributed by atoms with Crippen molar-refractivity contribution in [3.8, 4) is 0 Å². The van der Waals surface area contributed by atoms with Crippen molar-refractivity contribution in [1.29, 1.82) is 0 Å². The number of alkyl halides is 3. The Hall–Kier alpha value is -1.63. The van der Waals surface area contributed by atoms with Crippen molar-refractivity contribution in [2.75, 3.05) is 0 Å². The Balaban J connectivity index is 2.88. The van der Waals surface area contributed by atoms with Gasteiger partial charge in [0.2, 0.25) is 5.91 Å². The Morgan fingerprint density at radius 3 is 2.33 bits per heavy atom. The molecule has 1 aromatic carbocycles. The van der Waals surface area contributed by atoms with Crippen LogP contribution in [0, 0.1) is 11.2 Å². The van der Waals surface area contributed by atoms with Crippen LogP contribution in [0.4, 0.5) is 17.6 Å². The maximum atomic E-state index is 13.0. The van der Waals surface area contributed by atoms with Gasteiger partial charge in [0.25, 0.3) is 0 Å². The summed E-state index contributed by atoms with van der Waals surface area (Å²) >= 11 is 0. The molecular formula is C14H18F4N2O. The Bertz CT molecular complexity index is 521. The smallest absolute Gasteiger partial charge is 0.351 e. The van der Waals surface area contributed by atoms with E-state index in [1.165, 1.54) is 0 Å². The van der Waals surface area contributed by atoms with Gasteiger partial charge in [0, 0.05) is 6.54 Å². The summed E-state index contributed by atoms with van der Waals surface area (Å²) in [6.45, 7) is 4.88. The Morgan fingerprint density at radius 1 is 1.29 bits per heavy atom. The zero-order chi connectivity index (χ0) is 16.4. The number of carbonyl (C=O) groups excluding carboxylic acids is 1. The molecule has 1 rings (SSSR count). The van der Waals surface area contributed by atoms with E-state index in [2.05, 4.69) is 5.32 Å². The molecule has 3 N–H and O–H groups in total. The van der Waals surface area contributed by atoms with Crippen molar-refractivity contribution in [1.82, 2.24) is 5.32 Å². The average molecular weight is 306 g/mol. The van der Waals surface area contributed by atoms with Gasteiger partial charge in [-0.2, -0.15) is 13.2 Å². The maximum absolute atomic E-state index is 13.0. The first-order valence-corrected chi connectivity index (χ1v) is 6.32. The highest BCUT2D eigenvalue weighted by Gasteiger charge is 2.34. The molecule has 0 spiro atoms. The normalized spacial score (nSPS) is 13.9. The first-order chi connectivity index (χ1) is 9.43. The number of hydrogen-bond donors (Lipinski definition) is 2. The molecule has 0 aliphatic carbocycles. The highest BCUT2D eigenvalue weighted by Crippen LogP contribution is 2.32. The van der Waals surface area contributed by atoms with Crippen LogP contribution in [0.3, 0.4) is 0 Å². The van der Waals surface area contributed by atoms with E-state index in [9.17, 15) is 22.4 Å². The van der Waals surface area contributed by atoms with E-state index < -0.39 is 34.9 Å². The second kappa shape index (κ2) is 6.01. The molecule has 1 aromatic rings. The lowest BCUT2D eigenvalue weighted by Gasteiger charge is -2.26. The number of amides is 1. The van der Waals surface area contributed by atoms with E-state index in [-0.39, 0.29) is 12.1 Å². The van der Waals surface area contributed by atoms with Gasteiger partial charge in [-0.1, -0.05) is 26.8 Å². The molecule has 1 amide bonds. The number of carbonyl (C=O) groups is 1. The molecule has 0 bridgehead atoms. The molecule has 0 fully saturated rings. The van der Waals surface area contributed by atoms with Crippen molar-refractivity contribution in [3.05, 3.63) is 35.1 Å². The molecule has 0 aliphatic rings. The second-order valence-corrected chi connectivity index (χ2v) is 5.86. The van der Waals surface area contributed by atoms with Crippen molar-refractivity contribution in [2.24, 2.45) is 11.1 Å². The average Bonchev–Trinajstić information content (AvgIpc) is 2.33. The van der Waals surface area contributed by atoms with Crippen LogP contribution in [0.15, 0.2) is 18.2 Å². The maximum Gasteiger partial charge on any atom is 0.416 e. The zero-order valence-electron chi connectivity index (χ0n) is 12.0. The molecule has 118 valence electrons. The lowest BCUT2D eigenvalue weighted by atomic mass is 9.87. The van der Waals surface area contributed by atoms with Crippen LogP contribution >= 0.6 is 0 Å². The minimum absolute atomic E-state index is 0.210. The van der Waals surface area contributed by atoms with Gasteiger partial charge in [0.15, 0.2) is 0 Å². The highest BCUT2D eigenvalue weighted by atomic mass is 19.4. The fourth-order valence-corrected chi connectivity index (χ4v) is 1.65. The quantitative estimate of drug-likeness (QED) is 0.844. The first kappa shape index (κ1) is 17.4. The van der Waals surface area contributed by atoms with E-state index in [1.54, 1.807) is 20.8 Å². The summed E-state index contributed by atoms with van der Waals surface area (Å²) in [6, 6.07) is 1.47.